The normalized spacial score (nSPS) is 16.2. The van der Waals surface area contributed by atoms with Crippen LogP contribution in [0.4, 0.5) is 0 Å². The first kappa shape index (κ1) is 15.1. The van der Waals surface area contributed by atoms with Crippen LogP contribution in [0.25, 0.3) is 0 Å². The molecule has 1 unspecified atom stereocenters. The molecule has 0 aromatic carbocycles. The van der Waals surface area contributed by atoms with Gasteiger partial charge >= 0.3 is 16.3 Å². The molecular weight excluding hydrogens is 239 g/mol. The summed E-state index contributed by atoms with van der Waals surface area (Å²) in [7, 11) is -4.58. The molecule has 0 aromatic heterocycles. The van der Waals surface area contributed by atoms with Crippen molar-refractivity contribution in [1.29, 1.82) is 0 Å². The highest BCUT2D eigenvalue weighted by Gasteiger charge is 2.37. The topological polar surface area (TPSA) is 80.7 Å². The van der Waals surface area contributed by atoms with E-state index < -0.39 is 16.3 Å². The smallest absolute Gasteiger partial charge is 0.316 e. The minimum Gasteiger partial charge on any atom is -0.316 e. The van der Waals surface area contributed by atoms with Gasteiger partial charge in [-0.05, 0) is 12.8 Å². The molecule has 0 spiro atoms. The van der Waals surface area contributed by atoms with Gasteiger partial charge in [-0.2, -0.15) is 8.42 Å². The molecule has 0 amide bonds. The van der Waals surface area contributed by atoms with E-state index in [4.69, 9.17) is 9.08 Å². The van der Waals surface area contributed by atoms with E-state index in [1.807, 2.05) is 13.8 Å². The molecule has 0 aliphatic rings. The van der Waals surface area contributed by atoms with Crippen molar-refractivity contribution in [2.24, 2.45) is 0 Å². The Morgan fingerprint density at radius 1 is 1.20 bits per heavy atom. The van der Waals surface area contributed by atoms with E-state index in [9.17, 15) is 13.0 Å². The lowest BCUT2D eigenvalue weighted by Crippen LogP contribution is -2.07. The highest BCUT2D eigenvalue weighted by Crippen LogP contribution is 2.53. The van der Waals surface area contributed by atoms with Crippen LogP contribution in [-0.4, -0.2) is 25.7 Å². The lowest BCUT2D eigenvalue weighted by molar-refractivity contribution is 0.310. The summed E-state index contributed by atoms with van der Waals surface area (Å²) in [4.78, 5) is 0. The van der Waals surface area contributed by atoms with Gasteiger partial charge in [-0.25, -0.2) is 0 Å². The first-order chi connectivity index (χ1) is 6.87. The van der Waals surface area contributed by atoms with E-state index in [1.165, 1.54) is 0 Å². The molecule has 0 bridgehead atoms. The Balaban J connectivity index is 4.51. The fraction of sp³-hybridized carbons (Fsp3) is 1.00. The van der Waals surface area contributed by atoms with Crippen LogP contribution in [0, 0.1) is 0 Å². The largest absolute Gasteiger partial charge is 0.341 e. The number of hydrogen-bond donors (Lipinski definition) is 1. The summed E-state index contributed by atoms with van der Waals surface area (Å²) in [6.45, 7) is -0.0551. The fourth-order valence-corrected chi connectivity index (χ4v) is 4.25. The van der Waals surface area contributed by atoms with Crippen LogP contribution in [0.3, 0.4) is 0 Å². The minimum absolute atomic E-state index is 0.105. The van der Waals surface area contributed by atoms with Gasteiger partial charge in [0.1, 0.15) is 0 Å². The van der Waals surface area contributed by atoms with Gasteiger partial charge in [-0.3, -0.25) is 9.12 Å². The lowest BCUT2D eigenvalue weighted by atomic mass is 10.4. The predicted molar refractivity (Wildman–Crippen MR) is 59.8 cm³/mol. The second-order valence-corrected chi connectivity index (χ2v) is 9.20. The lowest BCUT2D eigenvalue weighted by Gasteiger charge is -2.14. The van der Waals surface area contributed by atoms with Gasteiger partial charge in [-0.1, -0.05) is 26.7 Å². The molecule has 0 aliphatic carbocycles. The summed E-state index contributed by atoms with van der Waals surface area (Å²) >= 11 is 0. The maximum atomic E-state index is 11.8. The second kappa shape index (κ2) is 6.63. The summed E-state index contributed by atoms with van der Waals surface area (Å²) in [5.74, 6) is 0. The van der Waals surface area contributed by atoms with Crippen molar-refractivity contribution in [3.63, 3.8) is 0 Å². The molecule has 0 fully saturated rings. The van der Waals surface area contributed by atoms with Crippen molar-refractivity contribution >= 4 is 16.3 Å². The van der Waals surface area contributed by atoms with E-state index >= 15 is 0 Å². The van der Waals surface area contributed by atoms with Crippen LogP contribution in [0.5, 0.6) is 0 Å². The minimum atomic E-state index is -4.58. The van der Waals surface area contributed by atoms with E-state index in [2.05, 4.69) is 0 Å². The molecule has 0 saturated carbocycles. The Kier molecular flexibility index (Phi) is 6.68. The monoisotopic (exact) mass is 258 g/mol. The molecule has 92 valence electrons. The zero-order chi connectivity index (χ0) is 11.9. The molecular formula is C8H19O5PS. The molecule has 0 radical (unpaired) electrons. The first-order valence-corrected chi connectivity index (χ1v) is 8.94. The third-order valence-electron chi connectivity index (χ3n) is 1.92. The summed E-state index contributed by atoms with van der Waals surface area (Å²) in [5.41, 5.74) is 0. The average Bonchev–Trinajstić information content (AvgIpc) is 2.13. The van der Waals surface area contributed by atoms with Crippen molar-refractivity contribution in [2.75, 3.05) is 12.8 Å². The second-order valence-electron chi connectivity index (χ2n) is 3.32. The van der Waals surface area contributed by atoms with Crippen LogP contribution in [-0.2, 0) is 18.8 Å². The van der Waals surface area contributed by atoms with Gasteiger partial charge in [0.05, 0.1) is 6.61 Å². The van der Waals surface area contributed by atoms with Crippen LogP contribution in [0.2, 0.25) is 0 Å². The van der Waals surface area contributed by atoms with E-state index in [-0.39, 0.29) is 12.8 Å². The van der Waals surface area contributed by atoms with Crippen molar-refractivity contribution in [1.82, 2.24) is 0 Å². The van der Waals surface area contributed by atoms with Gasteiger partial charge < -0.3 is 4.52 Å². The summed E-state index contributed by atoms with van der Waals surface area (Å²) in [6.07, 6.45) is 2.51. The predicted octanol–water partition coefficient (Wildman–Crippen LogP) is 2.68. The highest BCUT2D eigenvalue weighted by atomic mass is 32.8. The Morgan fingerprint density at radius 3 is 2.13 bits per heavy atom. The molecule has 0 rings (SSSR count). The van der Waals surface area contributed by atoms with Gasteiger partial charge in [0.15, 0.2) is 0 Å². The SMILES string of the molecule is CCCCOP(=O)(CCCC)S(=O)(=O)O. The van der Waals surface area contributed by atoms with Crippen molar-refractivity contribution in [3.8, 4) is 0 Å². The van der Waals surface area contributed by atoms with Crippen molar-refractivity contribution in [2.45, 2.75) is 39.5 Å². The Hall–Kier alpha value is 0.100. The van der Waals surface area contributed by atoms with Gasteiger partial charge in [0, 0.05) is 6.16 Å². The van der Waals surface area contributed by atoms with Crippen molar-refractivity contribution < 1.29 is 22.1 Å². The number of rotatable bonds is 8. The maximum absolute atomic E-state index is 11.8. The molecule has 0 aliphatic heterocycles. The standard InChI is InChI=1S/C8H19O5PS/c1-3-5-7-13-14(9,8-6-4-2)15(10,11)12/h3-8H2,1-2H3,(H,10,11,12). The van der Waals surface area contributed by atoms with Gasteiger partial charge in [0.25, 0.3) is 0 Å². The molecule has 7 heteroatoms. The fourth-order valence-electron chi connectivity index (χ4n) is 0.946. The molecule has 1 N–H and O–H groups in total. The van der Waals surface area contributed by atoms with Gasteiger partial charge in [0.2, 0.25) is 0 Å². The maximum Gasteiger partial charge on any atom is 0.341 e. The quantitative estimate of drug-likeness (QED) is 0.411. The highest BCUT2D eigenvalue weighted by molar-refractivity contribution is 8.48. The molecule has 1 atom stereocenters. The summed E-state index contributed by atoms with van der Waals surface area (Å²) in [6, 6.07) is 0. The molecule has 5 nitrogen and oxygen atoms in total. The number of hydrogen-bond acceptors (Lipinski definition) is 4. The van der Waals surface area contributed by atoms with E-state index in [0.29, 0.717) is 19.3 Å². The van der Waals surface area contributed by atoms with Crippen LogP contribution in [0.1, 0.15) is 39.5 Å². The van der Waals surface area contributed by atoms with Crippen LogP contribution in [0.15, 0.2) is 0 Å². The summed E-state index contributed by atoms with van der Waals surface area (Å²) in [5, 5.41) is 0. The molecule has 15 heavy (non-hydrogen) atoms. The summed E-state index contributed by atoms with van der Waals surface area (Å²) < 4.78 is 47.4. The Morgan fingerprint density at radius 2 is 1.73 bits per heavy atom. The van der Waals surface area contributed by atoms with Crippen LogP contribution < -0.4 is 0 Å². The third kappa shape index (κ3) is 5.11. The van der Waals surface area contributed by atoms with Crippen molar-refractivity contribution in [3.05, 3.63) is 0 Å². The zero-order valence-corrected chi connectivity index (χ0v) is 10.9. The van der Waals surface area contributed by atoms with E-state index in [1.54, 1.807) is 0 Å². The molecule has 0 saturated heterocycles. The van der Waals surface area contributed by atoms with Gasteiger partial charge in [-0.15, -0.1) is 0 Å². The Labute approximate surface area is 91.2 Å². The molecule has 0 aromatic rings. The first-order valence-electron chi connectivity index (χ1n) is 5.08. The van der Waals surface area contributed by atoms with Crippen LogP contribution >= 0.6 is 6.57 Å². The number of unbranched alkanes of at least 4 members (excludes halogenated alkanes) is 2. The average molecular weight is 258 g/mol. The zero-order valence-electron chi connectivity index (χ0n) is 9.18. The Bertz CT molecular complexity index is 311. The van der Waals surface area contributed by atoms with E-state index in [0.717, 1.165) is 6.42 Å². The third-order valence-corrected chi connectivity index (χ3v) is 7.04. The molecule has 0 heterocycles.